The van der Waals surface area contributed by atoms with E-state index in [1.807, 2.05) is 6.07 Å². The summed E-state index contributed by atoms with van der Waals surface area (Å²) in [6.45, 7) is 2.11. The number of rotatable bonds is 8. The molecule has 0 atom stereocenters. The van der Waals surface area contributed by atoms with Crippen molar-refractivity contribution in [1.82, 2.24) is 0 Å². The van der Waals surface area contributed by atoms with Crippen molar-refractivity contribution < 1.29 is 56.1 Å². The quantitative estimate of drug-likeness (QED) is 0.335. The predicted molar refractivity (Wildman–Crippen MR) is 105 cm³/mol. The third kappa shape index (κ3) is 7.01. The van der Waals surface area contributed by atoms with Crippen molar-refractivity contribution >= 4 is 0 Å². The zero-order valence-corrected chi connectivity index (χ0v) is 18.9. The fourth-order valence-electron chi connectivity index (χ4n) is 2.92. The maximum atomic E-state index is 6.02. The van der Waals surface area contributed by atoms with Crippen LogP contribution in [0.2, 0.25) is 0 Å². The van der Waals surface area contributed by atoms with E-state index in [-0.39, 0.29) is 51.4 Å². The second-order valence-corrected chi connectivity index (χ2v) is 6.36. The first-order chi connectivity index (χ1) is 12.3. The molecule has 0 aliphatic carbocycles. The standard InChI is InChI=1S/C24H25O.K/c1-2-3-5-9-21-12-8-13-24(19-21)25-23-16-14-22(15-17-23)18-20-10-6-4-7-11-20;/h2,4,6-8,10-17,19H,3,5,9,18H2,1H3;/q-1;+1. The second-order valence-electron chi connectivity index (χ2n) is 6.36. The summed E-state index contributed by atoms with van der Waals surface area (Å²) in [6.07, 6.45) is 6.61. The summed E-state index contributed by atoms with van der Waals surface area (Å²) in [6, 6.07) is 27.3. The maximum Gasteiger partial charge on any atom is 1.00 e. The molecule has 3 rings (SSSR count). The van der Waals surface area contributed by atoms with Gasteiger partial charge in [0.05, 0.1) is 0 Å². The molecule has 1 nitrogen and oxygen atoms in total. The minimum atomic E-state index is 0. The molecule has 0 aliphatic heterocycles. The number of benzene rings is 3. The molecule has 2 heteroatoms. The van der Waals surface area contributed by atoms with Gasteiger partial charge in [0.15, 0.2) is 0 Å². The SMILES string of the molecule is C[CH-]CCCc1cccc(Oc2ccc(Cc3ccccc3)cc2)c1.[K+]. The Morgan fingerprint density at radius 2 is 1.42 bits per heavy atom. The van der Waals surface area contributed by atoms with Gasteiger partial charge in [-0.3, -0.25) is 0 Å². The van der Waals surface area contributed by atoms with E-state index in [1.54, 1.807) is 0 Å². The molecule has 0 unspecified atom stereocenters. The van der Waals surface area contributed by atoms with E-state index in [4.69, 9.17) is 4.74 Å². The molecule has 3 aromatic rings. The average molecular weight is 369 g/mol. The Kier molecular flexibility index (Phi) is 9.66. The van der Waals surface area contributed by atoms with Crippen LogP contribution >= 0.6 is 0 Å². The molecular weight excluding hydrogens is 343 g/mol. The first kappa shape index (κ1) is 21.4. The number of ether oxygens (including phenoxy) is 1. The fourth-order valence-corrected chi connectivity index (χ4v) is 2.92. The van der Waals surface area contributed by atoms with E-state index >= 15 is 0 Å². The summed E-state index contributed by atoms with van der Waals surface area (Å²) in [4.78, 5) is 0. The molecule has 128 valence electrons. The normalized spacial score (nSPS) is 10.2. The van der Waals surface area contributed by atoms with Crippen molar-refractivity contribution in [2.24, 2.45) is 0 Å². The number of aryl methyl sites for hydroxylation is 1. The molecule has 0 aliphatic rings. The number of unbranched alkanes of at least 4 members (excludes halogenated alkanes) is 2. The van der Waals surface area contributed by atoms with E-state index < -0.39 is 0 Å². The predicted octanol–water partition coefficient (Wildman–Crippen LogP) is 3.62. The van der Waals surface area contributed by atoms with Gasteiger partial charge in [0.1, 0.15) is 11.5 Å². The zero-order chi connectivity index (χ0) is 17.3. The molecule has 3 aromatic carbocycles. The summed E-state index contributed by atoms with van der Waals surface area (Å²) in [5.74, 6) is 1.80. The topological polar surface area (TPSA) is 9.23 Å². The van der Waals surface area contributed by atoms with Gasteiger partial charge in [0.25, 0.3) is 0 Å². The van der Waals surface area contributed by atoms with Crippen LogP contribution < -0.4 is 56.1 Å². The molecule has 26 heavy (non-hydrogen) atoms. The van der Waals surface area contributed by atoms with Crippen molar-refractivity contribution in [2.45, 2.75) is 32.6 Å². The molecule has 0 heterocycles. The van der Waals surface area contributed by atoms with Crippen LogP contribution in [-0.4, -0.2) is 0 Å². The monoisotopic (exact) mass is 368 g/mol. The molecule has 0 amide bonds. The average Bonchev–Trinajstić information content (AvgIpc) is 2.65. The Bertz CT molecular complexity index is 766. The Morgan fingerprint density at radius 1 is 0.731 bits per heavy atom. The Balaban J connectivity index is 0.00000243. The summed E-state index contributed by atoms with van der Waals surface area (Å²) >= 11 is 0. The van der Waals surface area contributed by atoms with Crippen LogP contribution in [0.4, 0.5) is 0 Å². The third-order valence-electron chi connectivity index (χ3n) is 4.27. The molecule has 0 aromatic heterocycles. The molecule has 0 fully saturated rings. The molecule has 0 N–H and O–H groups in total. The fraction of sp³-hybridized carbons (Fsp3) is 0.208. The Hall–Kier alpha value is -0.904. The summed E-state index contributed by atoms with van der Waals surface area (Å²) < 4.78 is 6.02. The van der Waals surface area contributed by atoms with Crippen molar-refractivity contribution in [1.29, 1.82) is 0 Å². The van der Waals surface area contributed by atoms with Crippen molar-refractivity contribution in [3.05, 3.63) is 102 Å². The zero-order valence-electron chi connectivity index (χ0n) is 15.8. The van der Waals surface area contributed by atoms with Gasteiger partial charge in [-0.25, -0.2) is 0 Å². The third-order valence-corrected chi connectivity index (χ3v) is 4.27. The van der Waals surface area contributed by atoms with E-state index in [2.05, 4.69) is 86.1 Å². The minimum absolute atomic E-state index is 0. The van der Waals surface area contributed by atoms with Gasteiger partial charge in [-0.15, -0.1) is 0 Å². The van der Waals surface area contributed by atoms with E-state index in [0.717, 1.165) is 30.8 Å². The van der Waals surface area contributed by atoms with E-state index in [1.165, 1.54) is 23.1 Å². The van der Waals surface area contributed by atoms with Gasteiger partial charge in [-0.1, -0.05) is 61.0 Å². The maximum absolute atomic E-state index is 6.02. The van der Waals surface area contributed by atoms with Gasteiger partial charge in [0, 0.05) is 0 Å². The van der Waals surface area contributed by atoms with Crippen molar-refractivity contribution in [3.63, 3.8) is 0 Å². The largest absolute Gasteiger partial charge is 1.00 e. The van der Waals surface area contributed by atoms with Gasteiger partial charge >= 0.3 is 51.4 Å². The van der Waals surface area contributed by atoms with Gasteiger partial charge in [-0.05, 0) is 53.8 Å². The molecular formula is C24H25KO. The van der Waals surface area contributed by atoms with Crippen LogP contribution in [0.25, 0.3) is 0 Å². The number of hydrogen-bond acceptors (Lipinski definition) is 1. The van der Waals surface area contributed by atoms with Gasteiger partial charge in [0.2, 0.25) is 0 Å². The van der Waals surface area contributed by atoms with Crippen LogP contribution in [0.3, 0.4) is 0 Å². The summed E-state index contributed by atoms with van der Waals surface area (Å²) in [5, 5.41) is 0. The molecule has 0 saturated carbocycles. The van der Waals surface area contributed by atoms with Crippen LogP contribution in [0, 0.1) is 6.42 Å². The summed E-state index contributed by atoms with van der Waals surface area (Å²) in [7, 11) is 0. The molecule has 0 bridgehead atoms. The molecule has 0 spiro atoms. The van der Waals surface area contributed by atoms with Crippen LogP contribution in [-0.2, 0) is 12.8 Å². The van der Waals surface area contributed by atoms with E-state index in [9.17, 15) is 0 Å². The second kappa shape index (κ2) is 11.7. The Morgan fingerprint density at radius 3 is 2.15 bits per heavy atom. The smallest absolute Gasteiger partial charge is 0.457 e. The van der Waals surface area contributed by atoms with Crippen LogP contribution in [0.5, 0.6) is 11.5 Å². The van der Waals surface area contributed by atoms with Gasteiger partial charge in [-0.2, -0.15) is 13.3 Å². The first-order valence-corrected chi connectivity index (χ1v) is 9.01. The van der Waals surface area contributed by atoms with E-state index in [0.29, 0.717) is 0 Å². The van der Waals surface area contributed by atoms with Crippen LogP contribution in [0.15, 0.2) is 78.9 Å². The van der Waals surface area contributed by atoms with Gasteiger partial charge < -0.3 is 11.2 Å². The van der Waals surface area contributed by atoms with Crippen molar-refractivity contribution in [3.8, 4) is 11.5 Å². The molecule has 0 saturated heterocycles. The van der Waals surface area contributed by atoms with Crippen LogP contribution in [0.1, 0.15) is 36.5 Å². The summed E-state index contributed by atoms with van der Waals surface area (Å²) in [5.41, 5.74) is 3.95. The minimum Gasteiger partial charge on any atom is -0.457 e. The first-order valence-electron chi connectivity index (χ1n) is 9.01. The molecule has 0 radical (unpaired) electrons. The Labute approximate surface area is 200 Å². The number of hydrogen-bond donors (Lipinski definition) is 0. The van der Waals surface area contributed by atoms with Crippen molar-refractivity contribution in [2.75, 3.05) is 0 Å².